The molecule has 4 nitrogen and oxygen atoms in total. The number of hydrogen-bond acceptors (Lipinski definition) is 2. The molecular weight excluding hydrogens is 466 g/mol. The number of amides is 2. The van der Waals surface area contributed by atoms with E-state index in [0.717, 1.165) is 12.0 Å². The molecule has 8 heteroatoms. The van der Waals surface area contributed by atoms with Crippen molar-refractivity contribution in [2.24, 2.45) is 0 Å². The highest BCUT2D eigenvalue weighted by atomic mass is 35.5. The van der Waals surface area contributed by atoms with E-state index in [1.165, 1.54) is 4.90 Å². The van der Waals surface area contributed by atoms with Crippen LogP contribution in [0.2, 0.25) is 20.1 Å². The molecule has 2 rings (SSSR count). The van der Waals surface area contributed by atoms with E-state index < -0.39 is 6.04 Å². The summed E-state index contributed by atoms with van der Waals surface area (Å²) in [6.07, 6.45) is 0.877. The number of benzene rings is 2. The Bertz CT molecular complexity index is 920. The zero-order chi connectivity index (χ0) is 22.4. The quantitative estimate of drug-likeness (QED) is 0.481. The van der Waals surface area contributed by atoms with Crippen molar-refractivity contribution in [1.82, 2.24) is 10.2 Å². The highest BCUT2D eigenvalue weighted by molar-refractivity contribution is 6.42. The number of nitrogens with zero attached hydrogens (tertiary/aromatic N) is 1. The van der Waals surface area contributed by atoms with Gasteiger partial charge >= 0.3 is 0 Å². The Kier molecular flexibility index (Phi) is 9.30. The smallest absolute Gasteiger partial charge is 0.242 e. The van der Waals surface area contributed by atoms with Crippen LogP contribution in [-0.4, -0.2) is 28.8 Å². The molecule has 2 aromatic carbocycles. The Balaban J connectivity index is 2.28. The number of carbonyl (C=O) groups excluding carboxylic acids is 2. The predicted octanol–water partition coefficient (Wildman–Crippen LogP) is 6.17. The molecule has 2 atom stereocenters. The van der Waals surface area contributed by atoms with Crippen LogP contribution in [0.15, 0.2) is 36.4 Å². The largest absolute Gasteiger partial charge is 0.352 e. The van der Waals surface area contributed by atoms with Gasteiger partial charge in [-0.2, -0.15) is 0 Å². The van der Waals surface area contributed by atoms with Crippen molar-refractivity contribution < 1.29 is 9.59 Å². The van der Waals surface area contributed by atoms with Gasteiger partial charge in [0.25, 0.3) is 0 Å². The summed E-state index contributed by atoms with van der Waals surface area (Å²) in [6.45, 7) is 5.83. The van der Waals surface area contributed by atoms with Crippen LogP contribution in [0.25, 0.3) is 0 Å². The monoisotopic (exact) mass is 488 g/mol. The molecule has 0 radical (unpaired) electrons. The zero-order valence-electron chi connectivity index (χ0n) is 17.0. The molecule has 0 unspecified atom stereocenters. The summed E-state index contributed by atoms with van der Waals surface area (Å²) in [5.74, 6) is -0.432. The third kappa shape index (κ3) is 6.78. The lowest BCUT2D eigenvalue weighted by Gasteiger charge is -2.30. The molecule has 0 fully saturated rings. The number of carbonyl (C=O) groups is 2. The number of halogens is 4. The maximum absolute atomic E-state index is 13.2. The fourth-order valence-electron chi connectivity index (χ4n) is 2.81. The first kappa shape index (κ1) is 24.8. The molecule has 0 aliphatic rings. The molecule has 2 amide bonds. The minimum absolute atomic E-state index is 0.0111. The number of rotatable bonds is 8. The Morgan fingerprint density at radius 2 is 1.43 bits per heavy atom. The molecule has 30 heavy (non-hydrogen) atoms. The highest BCUT2D eigenvalue weighted by Crippen LogP contribution is 2.25. The Hall–Kier alpha value is -1.46. The third-order valence-electron chi connectivity index (χ3n) is 4.84. The van der Waals surface area contributed by atoms with Gasteiger partial charge in [-0.25, -0.2) is 0 Å². The normalized spacial score (nSPS) is 12.9. The molecule has 0 spiro atoms. The third-order valence-corrected chi connectivity index (χ3v) is 6.32. The first-order valence-corrected chi connectivity index (χ1v) is 11.1. The standard InChI is InChI=1S/C22H24Cl4N2O2/c1-4-13(2)27-22(30)14(3)28(12-16-6-8-18(24)20(26)10-16)21(29)11-15-5-7-17(23)19(25)9-15/h5-10,13-14H,4,11-12H2,1-3H3,(H,27,30)/t13-,14+/m0/s1. The van der Waals surface area contributed by atoms with E-state index in [2.05, 4.69) is 5.32 Å². The minimum atomic E-state index is -0.677. The zero-order valence-corrected chi connectivity index (χ0v) is 20.0. The molecule has 0 saturated carbocycles. The van der Waals surface area contributed by atoms with Crippen LogP contribution in [0.1, 0.15) is 38.3 Å². The molecule has 2 aromatic rings. The van der Waals surface area contributed by atoms with Gasteiger partial charge in [0.2, 0.25) is 11.8 Å². The molecule has 0 bridgehead atoms. The van der Waals surface area contributed by atoms with Gasteiger partial charge in [0.15, 0.2) is 0 Å². The SMILES string of the molecule is CC[C@H](C)NC(=O)[C@@H](C)N(Cc1ccc(Cl)c(Cl)c1)C(=O)Cc1ccc(Cl)c(Cl)c1. The first-order chi connectivity index (χ1) is 14.1. The van der Waals surface area contributed by atoms with E-state index in [4.69, 9.17) is 46.4 Å². The van der Waals surface area contributed by atoms with Gasteiger partial charge < -0.3 is 10.2 Å². The van der Waals surface area contributed by atoms with E-state index in [-0.39, 0.29) is 30.8 Å². The average molecular weight is 490 g/mol. The molecule has 0 aliphatic carbocycles. The van der Waals surface area contributed by atoms with Gasteiger partial charge in [0.05, 0.1) is 26.5 Å². The van der Waals surface area contributed by atoms with Crippen molar-refractivity contribution in [2.75, 3.05) is 0 Å². The van der Waals surface area contributed by atoms with Crippen molar-refractivity contribution in [3.05, 3.63) is 67.6 Å². The summed E-state index contributed by atoms with van der Waals surface area (Å²) in [7, 11) is 0. The second-order valence-electron chi connectivity index (χ2n) is 7.19. The fraction of sp³-hybridized carbons (Fsp3) is 0.364. The molecule has 0 saturated heterocycles. The summed E-state index contributed by atoms with van der Waals surface area (Å²) in [5.41, 5.74) is 1.48. The molecule has 1 N–H and O–H groups in total. The van der Waals surface area contributed by atoms with Gasteiger partial charge in [-0.05, 0) is 55.7 Å². The summed E-state index contributed by atoms with van der Waals surface area (Å²) >= 11 is 24.2. The lowest BCUT2D eigenvalue weighted by atomic mass is 10.1. The van der Waals surface area contributed by atoms with Gasteiger partial charge in [-0.3, -0.25) is 9.59 Å². The number of hydrogen-bond donors (Lipinski definition) is 1. The Labute approximate surface area is 197 Å². The van der Waals surface area contributed by atoms with Crippen molar-refractivity contribution in [3.8, 4) is 0 Å². The van der Waals surface area contributed by atoms with Crippen LogP contribution in [0.3, 0.4) is 0 Å². The molecule has 162 valence electrons. The Morgan fingerprint density at radius 3 is 1.97 bits per heavy atom. The molecular formula is C22H24Cl4N2O2. The van der Waals surface area contributed by atoms with Crippen LogP contribution in [0.4, 0.5) is 0 Å². The lowest BCUT2D eigenvalue weighted by molar-refractivity contribution is -0.140. The van der Waals surface area contributed by atoms with E-state index in [1.54, 1.807) is 43.3 Å². The highest BCUT2D eigenvalue weighted by Gasteiger charge is 2.27. The van der Waals surface area contributed by atoms with E-state index in [0.29, 0.717) is 25.7 Å². The van der Waals surface area contributed by atoms with Crippen LogP contribution < -0.4 is 5.32 Å². The summed E-state index contributed by atoms with van der Waals surface area (Å²) in [6, 6.07) is 9.53. The second-order valence-corrected chi connectivity index (χ2v) is 8.82. The van der Waals surface area contributed by atoms with Crippen LogP contribution in [0, 0.1) is 0 Å². The minimum Gasteiger partial charge on any atom is -0.352 e. The van der Waals surface area contributed by atoms with Crippen molar-refractivity contribution in [3.63, 3.8) is 0 Å². The average Bonchev–Trinajstić information content (AvgIpc) is 2.70. The van der Waals surface area contributed by atoms with Crippen LogP contribution in [-0.2, 0) is 22.6 Å². The van der Waals surface area contributed by atoms with Crippen LogP contribution >= 0.6 is 46.4 Å². The second kappa shape index (κ2) is 11.2. The lowest BCUT2D eigenvalue weighted by Crippen LogP contribution is -2.49. The van der Waals surface area contributed by atoms with Crippen molar-refractivity contribution >= 4 is 58.2 Å². The fourth-order valence-corrected chi connectivity index (χ4v) is 3.45. The van der Waals surface area contributed by atoms with Crippen molar-refractivity contribution in [1.29, 1.82) is 0 Å². The molecule has 0 heterocycles. The topological polar surface area (TPSA) is 49.4 Å². The molecule has 0 aromatic heterocycles. The summed E-state index contributed by atoms with van der Waals surface area (Å²) < 4.78 is 0. The number of nitrogens with one attached hydrogen (secondary N) is 1. The van der Waals surface area contributed by atoms with E-state index >= 15 is 0 Å². The summed E-state index contributed by atoms with van der Waals surface area (Å²) in [5, 5.41) is 4.55. The summed E-state index contributed by atoms with van der Waals surface area (Å²) in [4.78, 5) is 27.4. The molecule has 0 aliphatic heterocycles. The maximum atomic E-state index is 13.2. The van der Waals surface area contributed by atoms with Gasteiger partial charge in [0.1, 0.15) is 6.04 Å². The van der Waals surface area contributed by atoms with Gasteiger partial charge in [-0.15, -0.1) is 0 Å². The van der Waals surface area contributed by atoms with Gasteiger partial charge in [-0.1, -0.05) is 65.5 Å². The first-order valence-electron chi connectivity index (χ1n) is 9.60. The Morgan fingerprint density at radius 1 is 0.900 bits per heavy atom. The van der Waals surface area contributed by atoms with E-state index in [9.17, 15) is 9.59 Å². The van der Waals surface area contributed by atoms with Crippen LogP contribution in [0.5, 0.6) is 0 Å². The van der Waals surface area contributed by atoms with Gasteiger partial charge in [0, 0.05) is 12.6 Å². The van der Waals surface area contributed by atoms with Crippen molar-refractivity contribution in [2.45, 2.75) is 52.2 Å². The van der Waals surface area contributed by atoms with E-state index in [1.807, 2.05) is 13.8 Å². The maximum Gasteiger partial charge on any atom is 0.242 e. The predicted molar refractivity (Wildman–Crippen MR) is 125 cm³/mol.